The average molecular weight is 826 g/mol. The molecule has 2 aromatic rings. The number of ether oxygens (including phenoxy) is 2. The van der Waals surface area contributed by atoms with Crippen molar-refractivity contribution in [2.24, 2.45) is 0 Å². The van der Waals surface area contributed by atoms with Crippen molar-refractivity contribution in [1.29, 1.82) is 0 Å². The zero-order valence-corrected chi connectivity index (χ0v) is 28.4. The van der Waals surface area contributed by atoms with Gasteiger partial charge in [0, 0.05) is 6.20 Å². The Morgan fingerprint density at radius 2 is 1.64 bits per heavy atom. The summed E-state index contributed by atoms with van der Waals surface area (Å²) < 4.78 is 67.7. The van der Waals surface area contributed by atoms with Crippen LogP contribution < -0.4 is 33.3 Å². The molecule has 3 aliphatic heterocycles. The van der Waals surface area contributed by atoms with E-state index < -0.39 is 102 Å². The fourth-order valence-electron chi connectivity index (χ4n) is 4.38. The first-order chi connectivity index (χ1) is 22.0. The summed E-state index contributed by atoms with van der Waals surface area (Å²) in [5, 5.41) is 26.2. The number of nitrogens with two attached hydrogens (primary N) is 2. The van der Waals surface area contributed by atoms with Crippen LogP contribution in [-0.2, 0) is 82.5 Å². The summed E-state index contributed by atoms with van der Waals surface area (Å²) >= 11 is 8.63. The fraction of sp³-hybridized carbons (Fsp3) is 0.474. The van der Waals surface area contributed by atoms with E-state index in [1.165, 1.54) is 6.07 Å². The number of rotatable bonds is 9. The summed E-state index contributed by atoms with van der Waals surface area (Å²) in [7, 11) is -10.7. The number of hydrogen-bond acceptors (Lipinski definition) is 21. The van der Waals surface area contributed by atoms with Crippen LogP contribution >= 0.6 is 15.6 Å². The van der Waals surface area contributed by atoms with Gasteiger partial charge in [0.15, 0.2) is 18.3 Å². The number of fused-ring (bicyclic) bond motifs is 2. The molecule has 9 atom stereocenters. The molecule has 3 aliphatic rings. The Morgan fingerprint density at radius 3 is 2.28 bits per heavy atom. The summed E-state index contributed by atoms with van der Waals surface area (Å²) in [5.41, 5.74) is 9.54. The monoisotopic (exact) mass is 828 g/mol. The number of H-pyrrole nitrogens is 1. The zero-order chi connectivity index (χ0) is 34.8. The van der Waals surface area contributed by atoms with Crippen LogP contribution in [0.2, 0.25) is 0 Å². The molecule has 0 aromatic carbocycles. The van der Waals surface area contributed by atoms with Crippen molar-refractivity contribution < 1.29 is 77.2 Å². The first-order valence-electron chi connectivity index (χ1n) is 12.6. The molecule has 0 radical (unpaired) electrons. The molecule has 23 nitrogen and oxygen atoms in total. The summed E-state index contributed by atoms with van der Waals surface area (Å²) in [5.74, 6) is -0.236. The second kappa shape index (κ2) is 15.0. The molecule has 28 heteroatoms. The Bertz CT molecular complexity index is 1790. The van der Waals surface area contributed by atoms with Crippen molar-refractivity contribution in [3.8, 4) is 0 Å². The van der Waals surface area contributed by atoms with Crippen LogP contribution in [0.25, 0.3) is 0 Å². The minimum absolute atomic E-state index is 0.0295. The first-order valence-corrected chi connectivity index (χ1v) is 18.0. The van der Waals surface area contributed by atoms with Crippen LogP contribution in [0.1, 0.15) is 6.23 Å². The molecular weight excluding hydrogens is 802 g/mol. The van der Waals surface area contributed by atoms with E-state index in [2.05, 4.69) is 34.4 Å². The van der Waals surface area contributed by atoms with Crippen LogP contribution in [0.15, 0.2) is 31.7 Å². The predicted molar refractivity (Wildman–Crippen MR) is 154 cm³/mol. The maximum atomic E-state index is 12.5. The third-order valence-electron chi connectivity index (χ3n) is 6.41. The van der Waals surface area contributed by atoms with E-state index in [9.17, 15) is 38.7 Å². The Morgan fingerprint density at radius 1 is 1.00 bits per heavy atom. The van der Waals surface area contributed by atoms with Crippen molar-refractivity contribution in [1.82, 2.24) is 19.5 Å². The molecule has 2 aromatic heterocycles. The van der Waals surface area contributed by atoms with E-state index in [1.807, 2.05) is 0 Å². The van der Waals surface area contributed by atoms with Gasteiger partial charge in [0.25, 0.3) is 5.56 Å². The van der Waals surface area contributed by atoms with E-state index in [1.54, 1.807) is 0 Å². The number of nitrogen functional groups attached to an aromatic ring is 2. The van der Waals surface area contributed by atoms with Crippen molar-refractivity contribution in [2.75, 3.05) is 35.3 Å². The van der Waals surface area contributed by atoms with Crippen LogP contribution in [0, 0.1) is 0 Å². The van der Waals surface area contributed by atoms with Gasteiger partial charge in [-0.05, 0) is 6.07 Å². The average Bonchev–Trinajstić information content (AvgIpc) is 3.25. The molecular formula is C19H24MoN8O15P2S2. The summed E-state index contributed by atoms with van der Waals surface area (Å²) in [6.07, 6.45) is -7.44. The first kappa shape index (κ1) is 37.3. The molecule has 5 rings (SSSR count). The molecule has 0 bridgehead atoms. The Kier molecular flexibility index (Phi) is 11.9. The number of nitrogens with one attached hydrogen (secondary N) is 3. The van der Waals surface area contributed by atoms with Crippen LogP contribution in [-0.4, -0.2) is 89.4 Å². The number of aromatic amines is 1. The second-order valence-electron chi connectivity index (χ2n) is 9.48. The quantitative estimate of drug-likeness (QED) is 0.0693. The molecule has 11 N–H and O–H groups in total. The summed E-state index contributed by atoms with van der Waals surface area (Å²) in [6, 6.07) is 0.424. The third-order valence-corrected chi connectivity index (χ3v) is 10.1. The van der Waals surface area contributed by atoms with Gasteiger partial charge in [0.2, 0.25) is 5.95 Å². The van der Waals surface area contributed by atoms with Gasteiger partial charge in [-0.25, -0.2) is 13.9 Å². The number of nitrogens with zero attached hydrogens (tertiary/aromatic N) is 3. The van der Waals surface area contributed by atoms with Crippen LogP contribution in [0.4, 0.5) is 23.3 Å². The van der Waals surface area contributed by atoms with Crippen molar-refractivity contribution >= 4 is 64.2 Å². The molecule has 5 heterocycles. The molecule has 0 spiro atoms. The van der Waals surface area contributed by atoms with Gasteiger partial charge in [-0.3, -0.25) is 23.4 Å². The van der Waals surface area contributed by atoms with E-state index in [0.717, 1.165) is 10.8 Å². The normalized spacial score (nSPS) is 29.0. The molecule has 0 aliphatic carbocycles. The fourth-order valence-corrected chi connectivity index (χ4v) is 7.03. The van der Waals surface area contributed by atoms with Gasteiger partial charge in [-0.1, -0.05) is 0 Å². The summed E-state index contributed by atoms with van der Waals surface area (Å²) in [6.45, 7) is -1.72. The number of anilines is 4. The molecule has 258 valence electrons. The van der Waals surface area contributed by atoms with E-state index in [4.69, 9.17) is 57.5 Å². The number of hydrogen-bond donors (Lipinski definition) is 9. The van der Waals surface area contributed by atoms with Gasteiger partial charge in [0.1, 0.15) is 29.8 Å². The molecule has 2 unspecified atom stereocenters. The molecule has 0 saturated carbocycles. The predicted octanol–water partition coefficient (Wildman–Crippen LogP) is -2.94. The standard InChI is InChI=1S/C19H26N8O13P2S2.Mo.2O/c20-7-1-2-27(19(31)22-7)17-11(29)10(28)5(39-17)3-36-41(32,33)40-42(34,35)37-4-6-12(43)13(44)8-16(38-6)24-14-9(23-8)15(30)26-18(21)25-14;;;/h1-2,5-6,8,10-11,16-17,23,28-29,43-44H,3-4H2,(H,32,33)(H,34,35)(H2,20,22,31)(H4,21,24,25,26,30);;;/q;+2;;/p-2/t5-,6-,8+,10-,11-,16-,17-;;;/m1.../s1. The topological polar surface area (TPSA) is 352 Å². The van der Waals surface area contributed by atoms with Gasteiger partial charge >= 0.3 is 46.6 Å². The number of aliphatic hydroxyl groups is 2. The van der Waals surface area contributed by atoms with Crippen molar-refractivity contribution in [3.63, 3.8) is 0 Å². The molecule has 47 heavy (non-hydrogen) atoms. The number of aromatic nitrogens is 4. The maximum absolute atomic E-state index is 12.5. The van der Waals surface area contributed by atoms with Gasteiger partial charge in [-0.2, -0.15) is 24.1 Å². The molecule has 0 amide bonds. The van der Waals surface area contributed by atoms with E-state index in [0.29, 0.717) is 0 Å². The van der Waals surface area contributed by atoms with Crippen LogP contribution in [0.3, 0.4) is 0 Å². The van der Waals surface area contributed by atoms with E-state index >= 15 is 0 Å². The van der Waals surface area contributed by atoms with Crippen molar-refractivity contribution in [2.45, 2.75) is 42.9 Å². The molecule has 1 saturated heterocycles. The number of phosphoric acid groups is 2. The Hall–Kier alpha value is -2.47. The van der Waals surface area contributed by atoms with Gasteiger partial charge < -0.3 is 76.8 Å². The number of phosphoric ester groups is 2. The van der Waals surface area contributed by atoms with Crippen molar-refractivity contribution in [3.05, 3.63) is 42.9 Å². The minimum atomic E-state index is -5.37. The molecule has 1 fully saturated rings. The summed E-state index contributed by atoms with van der Waals surface area (Å²) in [4.78, 5) is 54.2. The Labute approximate surface area is 281 Å². The second-order valence-corrected chi connectivity index (χ2v) is 13.7. The van der Waals surface area contributed by atoms with Gasteiger partial charge in [-0.15, -0.1) is 0 Å². The zero-order valence-electron chi connectivity index (χ0n) is 23.0. The number of aliphatic hydroxyl groups excluding tert-OH is 2. The Balaban J connectivity index is 0.00000160. The van der Waals surface area contributed by atoms with Crippen LogP contribution in [0.5, 0.6) is 0 Å². The van der Waals surface area contributed by atoms with Gasteiger partial charge in [0.05, 0.1) is 25.4 Å². The third kappa shape index (κ3) is 8.77. The SMILES string of the molecule is Nc1ccn([C@@H]2O[C@H](COP(=O)(O)OP(=O)(O)OC[C@H]3O[C@H]4Nc5nc(N)[nH]c(=O)c5N[C@H]4C([S-])=C3[S-])[C@@H](O)[C@H]2O)c(=O)n1.[O]=[Mo+2]=[O]. The van der Waals surface area contributed by atoms with E-state index in [-0.39, 0.29) is 33.1 Å².